The molecule has 14 heavy (non-hydrogen) atoms. The number of thiocyanates is 1. The number of ether oxygens (including phenoxy) is 1. The Morgan fingerprint density at radius 1 is 1.50 bits per heavy atom. The van der Waals surface area contributed by atoms with Crippen LogP contribution in [0.15, 0.2) is 10.6 Å². The number of nitrogens with zero attached hydrogens (tertiary/aromatic N) is 1. The average molecular weight is 214 g/mol. The minimum absolute atomic E-state index is 0.155. The second-order valence-electron chi connectivity index (χ2n) is 3.71. The molecule has 5 heteroatoms. The average Bonchev–Trinajstić information content (AvgIpc) is 1.95. The number of allylic oxidation sites excluding steroid dienone is 1. The zero-order chi connectivity index (χ0) is 11.4. The minimum Gasteiger partial charge on any atom is -0.456 e. The summed E-state index contributed by atoms with van der Waals surface area (Å²) in [4.78, 5) is 11.6. The standard InChI is InChI=1S/C9H14N2O2S/c1-6(11)7(14-5-10)8(12)13-9(2,3)4/h11H2,1-4H3/b7-6+. The number of nitriles is 1. The van der Waals surface area contributed by atoms with Gasteiger partial charge in [0.05, 0.1) is 0 Å². The van der Waals surface area contributed by atoms with E-state index >= 15 is 0 Å². The largest absolute Gasteiger partial charge is 0.456 e. The van der Waals surface area contributed by atoms with Crippen molar-refractivity contribution in [3.63, 3.8) is 0 Å². The maximum atomic E-state index is 11.5. The third-order valence-electron chi connectivity index (χ3n) is 1.09. The molecule has 0 heterocycles. The molecule has 0 aliphatic heterocycles. The van der Waals surface area contributed by atoms with Crippen molar-refractivity contribution in [1.29, 1.82) is 5.26 Å². The highest BCUT2D eigenvalue weighted by Crippen LogP contribution is 2.21. The van der Waals surface area contributed by atoms with E-state index < -0.39 is 11.6 Å². The second kappa shape index (κ2) is 4.91. The molecule has 0 saturated carbocycles. The Kier molecular flexibility index (Phi) is 4.51. The predicted octanol–water partition coefficient (Wildman–Crippen LogP) is 1.73. The molecule has 0 atom stereocenters. The number of thioether (sulfide) groups is 1. The minimum atomic E-state index is -0.576. The second-order valence-corrected chi connectivity index (χ2v) is 4.50. The lowest BCUT2D eigenvalue weighted by Crippen LogP contribution is -2.25. The summed E-state index contributed by atoms with van der Waals surface area (Å²) in [6.07, 6.45) is 0. The van der Waals surface area contributed by atoms with Crippen LogP contribution in [-0.4, -0.2) is 11.6 Å². The van der Waals surface area contributed by atoms with Gasteiger partial charge in [-0.1, -0.05) is 0 Å². The molecule has 0 aromatic carbocycles. The molecule has 0 radical (unpaired) electrons. The first-order chi connectivity index (χ1) is 6.28. The van der Waals surface area contributed by atoms with Gasteiger partial charge in [-0.2, -0.15) is 5.26 Å². The van der Waals surface area contributed by atoms with Crippen molar-refractivity contribution in [2.24, 2.45) is 5.73 Å². The van der Waals surface area contributed by atoms with Gasteiger partial charge in [-0.15, -0.1) is 0 Å². The van der Waals surface area contributed by atoms with Crippen molar-refractivity contribution in [3.8, 4) is 5.40 Å². The van der Waals surface area contributed by atoms with Crippen LogP contribution in [0.25, 0.3) is 0 Å². The van der Waals surface area contributed by atoms with E-state index in [2.05, 4.69) is 0 Å². The molecular formula is C9H14N2O2S. The molecule has 0 aromatic heterocycles. The predicted molar refractivity (Wildman–Crippen MR) is 55.9 cm³/mol. The molecular weight excluding hydrogens is 200 g/mol. The summed E-state index contributed by atoms with van der Waals surface area (Å²) >= 11 is 0.719. The number of esters is 1. The fourth-order valence-electron chi connectivity index (χ4n) is 0.653. The molecule has 2 N–H and O–H groups in total. The van der Waals surface area contributed by atoms with Crippen LogP contribution >= 0.6 is 11.8 Å². The zero-order valence-corrected chi connectivity index (χ0v) is 9.57. The van der Waals surface area contributed by atoms with Gasteiger partial charge >= 0.3 is 5.97 Å². The summed E-state index contributed by atoms with van der Waals surface area (Å²) in [6, 6.07) is 0. The third kappa shape index (κ3) is 4.77. The van der Waals surface area contributed by atoms with Crippen LogP contribution in [-0.2, 0) is 9.53 Å². The topological polar surface area (TPSA) is 76.1 Å². The van der Waals surface area contributed by atoms with Crippen LogP contribution in [0, 0.1) is 10.7 Å². The summed E-state index contributed by atoms with van der Waals surface area (Å²) in [7, 11) is 0. The maximum Gasteiger partial charge on any atom is 0.347 e. The summed E-state index contributed by atoms with van der Waals surface area (Å²) in [5.74, 6) is -0.552. The lowest BCUT2D eigenvalue weighted by atomic mass is 10.2. The highest BCUT2D eigenvalue weighted by atomic mass is 32.2. The van der Waals surface area contributed by atoms with E-state index in [-0.39, 0.29) is 4.91 Å². The lowest BCUT2D eigenvalue weighted by Gasteiger charge is -2.19. The smallest absolute Gasteiger partial charge is 0.347 e. The van der Waals surface area contributed by atoms with Crippen molar-refractivity contribution in [2.45, 2.75) is 33.3 Å². The number of nitrogens with two attached hydrogens (primary N) is 1. The van der Waals surface area contributed by atoms with E-state index in [1.807, 2.05) is 0 Å². The van der Waals surface area contributed by atoms with Crippen LogP contribution in [0.2, 0.25) is 0 Å². The van der Waals surface area contributed by atoms with Gasteiger partial charge in [0.2, 0.25) is 0 Å². The van der Waals surface area contributed by atoms with E-state index in [1.54, 1.807) is 33.1 Å². The molecule has 0 spiro atoms. The van der Waals surface area contributed by atoms with Crippen molar-refractivity contribution in [1.82, 2.24) is 0 Å². The molecule has 0 unspecified atom stereocenters. The molecule has 4 nitrogen and oxygen atoms in total. The van der Waals surface area contributed by atoms with Crippen LogP contribution in [0.5, 0.6) is 0 Å². The monoisotopic (exact) mass is 214 g/mol. The normalized spacial score (nSPS) is 12.8. The number of hydrogen-bond donors (Lipinski definition) is 1. The van der Waals surface area contributed by atoms with Crippen molar-refractivity contribution < 1.29 is 9.53 Å². The van der Waals surface area contributed by atoms with Crippen molar-refractivity contribution >= 4 is 17.7 Å². The fourth-order valence-corrected chi connectivity index (χ4v) is 1.03. The van der Waals surface area contributed by atoms with E-state index in [4.69, 9.17) is 15.7 Å². The molecule has 0 aromatic rings. The fraction of sp³-hybridized carbons (Fsp3) is 0.556. The van der Waals surface area contributed by atoms with Gasteiger partial charge in [0.1, 0.15) is 15.9 Å². The first kappa shape index (κ1) is 12.8. The van der Waals surface area contributed by atoms with Gasteiger partial charge in [0.15, 0.2) is 0 Å². The number of hydrogen-bond acceptors (Lipinski definition) is 5. The van der Waals surface area contributed by atoms with Crippen LogP contribution in [0.4, 0.5) is 0 Å². The Balaban J connectivity index is 4.67. The van der Waals surface area contributed by atoms with Gasteiger partial charge in [-0.3, -0.25) is 0 Å². The Labute approximate surface area is 88.1 Å². The van der Waals surface area contributed by atoms with Crippen LogP contribution in [0.1, 0.15) is 27.7 Å². The summed E-state index contributed by atoms with van der Waals surface area (Å²) in [6.45, 7) is 6.83. The van der Waals surface area contributed by atoms with E-state index in [0.29, 0.717) is 5.70 Å². The van der Waals surface area contributed by atoms with Gasteiger partial charge in [0, 0.05) is 5.70 Å². The summed E-state index contributed by atoms with van der Waals surface area (Å²) < 4.78 is 5.06. The van der Waals surface area contributed by atoms with Gasteiger partial charge in [-0.05, 0) is 39.5 Å². The first-order valence-corrected chi connectivity index (χ1v) is 4.85. The SMILES string of the molecule is C/C(N)=C(\SC#N)C(=O)OC(C)(C)C. The molecule has 0 aliphatic carbocycles. The Morgan fingerprint density at radius 3 is 2.29 bits per heavy atom. The molecule has 0 bridgehead atoms. The quantitative estimate of drug-likeness (QED) is 0.430. The first-order valence-electron chi connectivity index (χ1n) is 4.03. The highest BCUT2D eigenvalue weighted by molar-refractivity contribution is 8.08. The number of carbonyl (C=O) groups is 1. The van der Waals surface area contributed by atoms with Crippen LogP contribution in [0.3, 0.4) is 0 Å². The summed E-state index contributed by atoms with van der Waals surface area (Å²) in [5.41, 5.74) is 5.17. The maximum absolute atomic E-state index is 11.5. The van der Waals surface area contributed by atoms with Gasteiger partial charge in [-0.25, -0.2) is 4.79 Å². The van der Waals surface area contributed by atoms with Gasteiger partial charge < -0.3 is 10.5 Å². The Morgan fingerprint density at radius 2 is 2.00 bits per heavy atom. The molecule has 0 fully saturated rings. The van der Waals surface area contributed by atoms with Crippen molar-refractivity contribution in [3.05, 3.63) is 10.6 Å². The van der Waals surface area contributed by atoms with E-state index in [1.165, 1.54) is 0 Å². The van der Waals surface area contributed by atoms with Crippen molar-refractivity contribution in [2.75, 3.05) is 0 Å². The molecule has 0 aliphatic rings. The lowest BCUT2D eigenvalue weighted by molar-refractivity contribution is -0.148. The van der Waals surface area contributed by atoms with E-state index in [0.717, 1.165) is 11.8 Å². The Hall–Kier alpha value is -1.15. The highest BCUT2D eigenvalue weighted by Gasteiger charge is 2.21. The number of rotatable bonds is 2. The molecule has 0 amide bonds. The van der Waals surface area contributed by atoms with E-state index in [9.17, 15) is 4.79 Å². The summed E-state index contributed by atoms with van der Waals surface area (Å²) in [5, 5.41) is 10.2. The number of carbonyl (C=O) groups excluding carboxylic acids is 1. The Bertz CT molecular complexity index is 293. The van der Waals surface area contributed by atoms with Crippen LogP contribution < -0.4 is 5.73 Å². The molecule has 78 valence electrons. The van der Waals surface area contributed by atoms with Gasteiger partial charge in [0.25, 0.3) is 0 Å². The zero-order valence-electron chi connectivity index (χ0n) is 8.75. The molecule has 0 rings (SSSR count). The molecule has 0 saturated heterocycles. The third-order valence-corrected chi connectivity index (χ3v) is 1.87.